The quantitative estimate of drug-likeness (QED) is 0.172. The fourth-order valence-electron chi connectivity index (χ4n) is 2.68. The van der Waals surface area contributed by atoms with Crippen LogP contribution in [0, 0.1) is 0 Å². The molecule has 2 aliphatic rings. The summed E-state index contributed by atoms with van der Waals surface area (Å²) in [5.41, 5.74) is 0. The summed E-state index contributed by atoms with van der Waals surface area (Å²) in [6.07, 6.45) is -15.7. The van der Waals surface area contributed by atoms with E-state index in [4.69, 9.17) is 24.6 Å². The second-order valence-electron chi connectivity index (χ2n) is 5.61. The van der Waals surface area contributed by atoms with E-state index in [2.05, 4.69) is 4.89 Å². The van der Waals surface area contributed by atoms with Crippen molar-refractivity contribution in [3.63, 3.8) is 0 Å². The van der Waals surface area contributed by atoms with E-state index in [9.17, 15) is 30.6 Å². The van der Waals surface area contributed by atoms with E-state index in [0.717, 1.165) is 0 Å². The SMILES string of the molecule is OC[C@H]1O[C@@H](O[C@H]2[C@H](O)[C@@H](O)[C@H](O)O[C@@H]2CO)[C@H](O)[C@@H](OO)[C@H]1O. The first-order chi connectivity index (χ1) is 11.3. The first kappa shape index (κ1) is 19.8. The van der Waals surface area contributed by atoms with Gasteiger partial charge in [-0.3, -0.25) is 5.26 Å². The lowest BCUT2D eigenvalue weighted by molar-refractivity contribution is -0.393. The van der Waals surface area contributed by atoms with E-state index in [0.29, 0.717) is 0 Å². The molecule has 2 saturated heterocycles. The van der Waals surface area contributed by atoms with Crippen LogP contribution in [0.1, 0.15) is 0 Å². The zero-order valence-corrected chi connectivity index (χ0v) is 12.4. The van der Waals surface area contributed by atoms with E-state index in [1.54, 1.807) is 0 Å². The molecule has 0 aromatic rings. The molecule has 12 heteroatoms. The van der Waals surface area contributed by atoms with Gasteiger partial charge in [0, 0.05) is 0 Å². The molecule has 2 rings (SSSR count). The second kappa shape index (κ2) is 8.27. The van der Waals surface area contributed by atoms with Crippen LogP contribution in [0.25, 0.3) is 0 Å². The third kappa shape index (κ3) is 3.70. The average Bonchev–Trinajstić information content (AvgIpc) is 2.57. The maximum Gasteiger partial charge on any atom is 0.187 e. The predicted octanol–water partition coefficient (Wildman–Crippen LogP) is -4.90. The number of aliphatic hydroxyl groups is 7. The number of ether oxygens (including phenoxy) is 3. The first-order valence-corrected chi connectivity index (χ1v) is 7.24. The van der Waals surface area contributed by atoms with Crippen LogP contribution in [0.15, 0.2) is 0 Å². The Bertz CT molecular complexity index is 394. The molecule has 0 amide bonds. The fourth-order valence-corrected chi connectivity index (χ4v) is 2.68. The van der Waals surface area contributed by atoms with Gasteiger partial charge in [-0.2, -0.15) is 0 Å². The lowest BCUT2D eigenvalue weighted by Crippen LogP contribution is -2.64. The summed E-state index contributed by atoms with van der Waals surface area (Å²) in [5, 5.41) is 76.1. The highest BCUT2D eigenvalue weighted by Gasteiger charge is 2.51. The Balaban J connectivity index is 2.14. The maximum absolute atomic E-state index is 10.0. The van der Waals surface area contributed by atoms with Gasteiger partial charge in [0.05, 0.1) is 13.2 Å². The minimum Gasteiger partial charge on any atom is -0.394 e. The van der Waals surface area contributed by atoms with E-state index in [1.165, 1.54) is 0 Å². The topological polar surface area (TPSA) is 199 Å². The molecule has 0 aliphatic carbocycles. The predicted molar refractivity (Wildman–Crippen MR) is 70.1 cm³/mol. The van der Waals surface area contributed by atoms with Crippen molar-refractivity contribution < 1.29 is 60.1 Å². The largest absolute Gasteiger partial charge is 0.394 e. The van der Waals surface area contributed by atoms with Crippen LogP contribution < -0.4 is 0 Å². The third-order valence-electron chi connectivity index (χ3n) is 4.07. The fraction of sp³-hybridized carbons (Fsp3) is 1.00. The van der Waals surface area contributed by atoms with Gasteiger partial charge in [-0.25, -0.2) is 4.89 Å². The molecule has 0 aromatic carbocycles. The Morgan fingerprint density at radius 1 is 0.708 bits per heavy atom. The Morgan fingerprint density at radius 2 is 1.33 bits per heavy atom. The number of hydrogen-bond donors (Lipinski definition) is 8. The highest BCUT2D eigenvalue weighted by atomic mass is 17.1. The smallest absolute Gasteiger partial charge is 0.187 e. The lowest BCUT2D eigenvalue weighted by Gasteiger charge is -2.45. The first-order valence-electron chi connectivity index (χ1n) is 7.24. The Kier molecular flexibility index (Phi) is 6.83. The molecule has 0 aromatic heterocycles. The van der Waals surface area contributed by atoms with Crippen molar-refractivity contribution in [1.82, 2.24) is 0 Å². The molecule has 0 spiro atoms. The van der Waals surface area contributed by atoms with Crippen molar-refractivity contribution >= 4 is 0 Å². The van der Waals surface area contributed by atoms with Crippen molar-refractivity contribution in [3.8, 4) is 0 Å². The Hall–Kier alpha value is -0.480. The van der Waals surface area contributed by atoms with Crippen LogP contribution in [0.2, 0.25) is 0 Å². The molecule has 12 nitrogen and oxygen atoms in total. The van der Waals surface area contributed by atoms with Crippen LogP contribution >= 0.6 is 0 Å². The highest BCUT2D eigenvalue weighted by Crippen LogP contribution is 2.29. The van der Waals surface area contributed by atoms with E-state index >= 15 is 0 Å². The van der Waals surface area contributed by atoms with Gasteiger partial charge in [-0.05, 0) is 0 Å². The van der Waals surface area contributed by atoms with Crippen LogP contribution in [-0.4, -0.2) is 116 Å². The van der Waals surface area contributed by atoms with Crippen LogP contribution in [-0.2, 0) is 19.1 Å². The van der Waals surface area contributed by atoms with Gasteiger partial charge in [-0.15, -0.1) is 0 Å². The van der Waals surface area contributed by atoms with E-state index in [1.807, 2.05) is 0 Å². The summed E-state index contributed by atoms with van der Waals surface area (Å²) in [5.74, 6) is 0. The number of aliphatic hydroxyl groups excluding tert-OH is 7. The van der Waals surface area contributed by atoms with Crippen LogP contribution in [0.3, 0.4) is 0 Å². The van der Waals surface area contributed by atoms with E-state index in [-0.39, 0.29) is 0 Å². The summed E-state index contributed by atoms with van der Waals surface area (Å²) in [6.45, 7) is -1.39. The van der Waals surface area contributed by atoms with Crippen molar-refractivity contribution in [2.75, 3.05) is 13.2 Å². The molecule has 10 atom stereocenters. The van der Waals surface area contributed by atoms with Crippen LogP contribution in [0.4, 0.5) is 0 Å². The van der Waals surface area contributed by atoms with Crippen molar-refractivity contribution in [1.29, 1.82) is 0 Å². The molecular formula is C12H22O12. The van der Waals surface area contributed by atoms with Crippen molar-refractivity contribution in [3.05, 3.63) is 0 Å². The number of hydrogen-bond acceptors (Lipinski definition) is 12. The van der Waals surface area contributed by atoms with Gasteiger partial charge in [-0.1, -0.05) is 0 Å². The van der Waals surface area contributed by atoms with Gasteiger partial charge in [0.1, 0.15) is 42.7 Å². The molecule has 8 N–H and O–H groups in total. The molecule has 0 bridgehead atoms. The van der Waals surface area contributed by atoms with Gasteiger partial charge >= 0.3 is 0 Å². The molecule has 2 aliphatic heterocycles. The number of rotatable bonds is 5. The minimum absolute atomic E-state index is 0.692. The highest BCUT2D eigenvalue weighted by molar-refractivity contribution is 4.93. The summed E-state index contributed by atoms with van der Waals surface area (Å²) in [4.78, 5) is 3.98. The second-order valence-corrected chi connectivity index (χ2v) is 5.61. The Morgan fingerprint density at radius 3 is 1.88 bits per heavy atom. The maximum atomic E-state index is 10.0. The molecule has 0 unspecified atom stereocenters. The van der Waals surface area contributed by atoms with Gasteiger partial charge in [0.25, 0.3) is 0 Å². The zero-order chi connectivity index (χ0) is 18.0. The summed E-state index contributed by atoms with van der Waals surface area (Å²) in [7, 11) is 0. The van der Waals surface area contributed by atoms with Crippen LogP contribution in [0.5, 0.6) is 0 Å². The monoisotopic (exact) mass is 358 g/mol. The van der Waals surface area contributed by atoms with Gasteiger partial charge in [0.2, 0.25) is 0 Å². The minimum atomic E-state index is -1.75. The molecule has 142 valence electrons. The third-order valence-corrected chi connectivity index (χ3v) is 4.07. The molecular weight excluding hydrogens is 336 g/mol. The summed E-state index contributed by atoms with van der Waals surface area (Å²) in [6, 6.07) is 0. The standard InChI is InChI=1S/C12H22O12/c13-1-3-5(15)10(24-20)8(18)12(22-3)23-9-4(2-14)21-11(19)7(17)6(9)16/h3-20H,1-2H2/t3-,4-,5+,6-,7-,8-,9-,10+,11-,12+/m1/s1. The lowest BCUT2D eigenvalue weighted by atomic mass is 9.97. The van der Waals surface area contributed by atoms with Crippen molar-refractivity contribution in [2.45, 2.75) is 61.4 Å². The van der Waals surface area contributed by atoms with Crippen molar-refractivity contribution in [2.24, 2.45) is 0 Å². The average molecular weight is 358 g/mol. The zero-order valence-electron chi connectivity index (χ0n) is 12.4. The molecule has 0 radical (unpaired) electrons. The van der Waals surface area contributed by atoms with E-state index < -0.39 is 74.6 Å². The summed E-state index contributed by atoms with van der Waals surface area (Å²) < 4.78 is 15.3. The van der Waals surface area contributed by atoms with Gasteiger partial charge < -0.3 is 50.0 Å². The molecule has 2 heterocycles. The van der Waals surface area contributed by atoms with Gasteiger partial charge in [0.15, 0.2) is 18.7 Å². The summed E-state index contributed by atoms with van der Waals surface area (Å²) >= 11 is 0. The molecule has 24 heavy (non-hydrogen) atoms. The molecule has 0 saturated carbocycles. The Labute approximate surface area is 135 Å². The normalized spacial score (nSPS) is 50.0. The molecule has 2 fully saturated rings.